The Morgan fingerprint density at radius 1 is 1.06 bits per heavy atom. The van der Waals surface area contributed by atoms with Crippen LogP contribution in [0.25, 0.3) is 22.4 Å². The Hall–Kier alpha value is -4.47. The van der Waals surface area contributed by atoms with Gasteiger partial charge in [0.15, 0.2) is 35.2 Å². The van der Waals surface area contributed by atoms with Crippen LogP contribution in [0.3, 0.4) is 0 Å². The Morgan fingerprint density at radius 3 is 2.63 bits per heavy atom. The number of fused-ring (bicyclic) bond motifs is 3. The van der Waals surface area contributed by atoms with E-state index in [0.29, 0.717) is 23.0 Å². The SMILES string of the molecule is COc1ccc(/C(C)=N\OCc2nc3c4c(C)c(C)n(-c5cccnc5)c4ncn3n2)cc1OC. The normalized spacial score (nSPS) is 11.9. The first-order valence-electron chi connectivity index (χ1n) is 11.0. The molecule has 0 aliphatic rings. The minimum atomic E-state index is 0.120. The molecule has 10 nitrogen and oxygen atoms in total. The van der Waals surface area contributed by atoms with Crippen LogP contribution in [0.15, 0.2) is 54.2 Å². The summed E-state index contributed by atoms with van der Waals surface area (Å²) in [6, 6.07) is 9.49. The van der Waals surface area contributed by atoms with E-state index >= 15 is 0 Å². The Morgan fingerprint density at radius 2 is 1.89 bits per heavy atom. The maximum Gasteiger partial charge on any atom is 0.192 e. The molecular weight excluding hydrogens is 446 g/mol. The lowest BCUT2D eigenvalue weighted by molar-refractivity contribution is 0.125. The molecule has 10 heteroatoms. The number of aromatic nitrogens is 6. The molecule has 0 unspecified atom stereocenters. The van der Waals surface area contributed by atoms with Crippen molar-refractivity contribution in [2.45, 2.75) is 27.4 Å². The van der Waals surface area contributed by atoms with E-state index in [1.54, 1.807) is 31.3 Å². The van der Waals surface area contributed by atoms with E-state index in [1.807, 2.05) is 43.5 Å². The molecule has 4 aromatic heterocycles. The van der Waals surface area contributed by atoms with E-state index in [2.05, 4.69) is 38.6 Å². The first-order chi connectivity index (χ1) is 17.0. The van der Waals surface area contributed by atoms with Gasteiger partial charge in [0.2, 0.25) is 0 Å². The molecule has 0 saturated carbocycles. The third-order valence-electron chi connectivity index (χ3n) is 5.98. The van der Waals surface area contributed by atoms with Gasteiger partial charge in [-0.05, 0) is 56.7 Å². The summed E-state index contributed by atoms with van der Waals surface area (Å²) < 4.78 is 14.4. The van der Waals surface area contributed by atoms with Crippen LogP contribution in [-0.4, -0.2) is 49.1 Å². The van der Waals surface area contributed by atoms with E-state index in [4.69, 9.17) is 19.3 Å². The van der Waals surface area contributed by atoms with E-state index in [-0.39, 0.29) is 6.61 Å². The second-order valence-corrected chi connectivity index (χ2v) is 8.02. The number of rotatable bonds is 7. The fourth-order valence-corrected chi connectivity index (χ4v) is 4.07. The molecule has 5 rings (SSSR count). The Bertz CT molecular complexity index is 1550. The van der Waals surface area contributed by atoms with Crippen molar-refractivity contribution < 1.29 is 14.3 Å². The van der Waals surface area contributed by atoms with Crippen LogP contribution < -0.4 is 9.47 Å². The summed E-state index contributed by atoms with van der Waals surface area (Å²) in [5.74, 6) is 1.79. The van der Waals surface area contributed by atoms with Gasteiger partial charge in [0.05, 0.1) is 37.2 Å². The van der Waals surface area contributed by atoms with Crippen molar-refractivity contribution in [3.63, 3.8) is 0 Å². The molecule has 0 bridgehead atoms. The molecule has 0 radical (unpaired) electrons. The highest BCUT2D eigenvalue weighted by Gasteiger charge is 2.19. The largest absolute Gasteiger partial charge is 0.493 e. The van der Waals surface area contributed by atoms with Crippen LogP contribution in [0, 0.1) is 13.8 Å². The number of nitrogens with zero attached hydrogens (tertiary/aromatic N) is 7. The highest BCUT2D eigenvalue weighted by Crippen LogP contribution is 2.30. The third-order valence-corrected chi connectivity index (χ3v) is 5.98. The zero-order chi connectivity index (χ0) is 24.5. The molecule has 0 amide bonds. The van der Waals surface area contributed by atoms with Gasteiger partial charge in [-0.3, -0.25) is 9.55 Å². The van der Waals surface area contributed by atoms with Gasteiger partial charge >= 0.3 is 0 Å². The summed E-state index contributed by atoms with van der Waals surface area (Å²) >= 11 is 0. The second kappa shape index (κ2) is 9.05. The van der Waals surface area contributed by atoms with Crippen molar-refractivity contribution >= 4 is 22.4 Å². The van der Waals surface area contributed by atoms with Gasteiger partial charge in [-0.2, -0.15) is 0 Å². The molecule has 0 aliphatic carbocycles. The number of aryl methyl sites for hydroxylation is 1. The van der Waals surface area contributed by atoms with Crippen LogP contribution in [0.2, 0.25) is 0 Å². The van der Waals surface area contributed by atoms with Crippen molar-refractivity contribution in [2.75, 3.05) is 14.2 Å². The van der Waals surface area contributed by atoms with Gasteiger partial charge < -0.3 is 14.3 Å². The van der Waals surface area contributed by atoms with E-state index < -0.39 is 0 Å². The lowest BCUT2D eigenvalue weighted by atomic mass is 10.1. The molecule has 5 aromatic rings. The monoisotopic (exact) mass is 471 g/mol. The summed E-state index contributed by atoms with van der Waals surface area (Å²) in [6.45, 7) is 6.11. The lowest BCUT2D eigenvalue weighted by Gasteiger charge is -2.09. The molecule has 35 heavy (non-hydrogen) atoms. The summed E-state index contributed by atoms with van der Waals surface area (Å²) in [6.07, 6.45) is 5.24. The molecule has 0 saturated heterocycles. The smallest absolute Gasteiger partial charge is 0.192 e. The van der Waals surface area contributed by atoms with Gasteiger partial charge in [-0.15, -0.1) is 5.10 Å². The zero-order valence-electron chi connectivity index (χ0n) is 20.2. The maximum atomic E-state index is 5.58. The van der Waals surface area contributed by atoms with Gasteiger partial charge in [0.1, 0.15) is 6.33 Å². The average molecular weight is 472 g/mol. The van der Waals surface area contributed by atoms with E-state index in [1.165, 1.54) is 0 Å². The Balaban J connectivity index is 1.43. The third kappa shape index (κ3) is 3.92. The van der Waals surface area contributed by atoms with E-state index in [0.717, 1.165) is 39.2 Å². The summed E-state index contributed by atoms with van der Waals surface area (Å²) in [5, 5.41) is 9.70. The summed E-state index contributed by atoms with van der Waals surface area (Å²) in [4.78, 5) is 19.2. The van der Waals surface area contributed by atoms with Crippen molar-refractivity contribution in [3.8, 4) is 17.2 Å². The highest BCUT2D eigenvalue weighted by atomic mass is 16.6. The van der Waals surface area contributed by atoms with Crippen LogP contribution >= 0.6 is 0 Å². The second-order valence-electron chi connectivity index (χ2n) is 8.02. The molecule has 4 heterocycles. The number of methoxy groups -OCH3 is 2. The van der Waals surface area contributed by atoms with Crippen molar-refractivity contribution in [1.29, 1.82) is 0 Å². The number of hydrogen-bond acceptors (Lipinski definition) is 8. The molecule has 0 atom stereocenters. The van der Waals surface area contributed by atoms with Crippen molar-refractivity contribution in [3.05, 3.63) is 71.7 Å². The van der Waals surface area contributed by atoms with Gasteiger partial charge in [0, 0.05) is 17.5 Å². The zero-order valence-corrected chi connectivity index (χ0v) is 20.2. The average Bonchev–Trinajstić information content (AvgIpc) is 3.41. The summed E-state index contributed by atoms with van der Waals surface area (Å²) in [5.41, 5.74) is 6.19. The first kappa shape index (κ1) is 22.3. The fourth-order valence-electron chi connectivity index (χ4n) is 4.07. The van der Waals surface area contributed by atoms with Crippen LogP contribution in [0.5, 0.6) is 11.5 Å². The number of hydrogen-bond donors (Lipinski definition) is 0. The molecule has 0 fully saturated rings. The van der Waals surface area contributed by atoms with Crippen molar-refractivity contribution in [2.24, 2.45) is 5.16 Å². The van der Waals surface area contributed by atoms with E-state index in [9.17, 15) is 0 Å². The van der Waals surface area contributed by atoms with Crippen LogP contribution in [0.1, 0.15) is 29.6 Å². The van der Waals surface area contributed by atoms with Crippen LogP contribution in [-0.2, 0) is 11.4 Å². The number of pyridine rings is 1. The molecule has 0 spiro atoms. The Labute approximate surface area is 201 Å². The molecule has 178 valence electrons. The standard InChI is InChI=1S/C25H25N7O3/c1-15-17(3)32(19-7-6-10-26-12-19)24-23(15)25-28-22(29-31(25)14-27-24)13-35-30-16(2)18-8-9-20(33-4)21(11-18)34-5/h6-12,14H,13H2,1-5H3/b30-16-. The number of ether oxygens (including phenoxy) is 2. The molecule has 1 aromatic carbocycles. The van der Waals surface area contributed by atoms with Crippen molar-refractivity contribution in [1.82, 2.24) is 29.1 Å². The number of oxime groups is 1. The predicted molar refractivity (Wildman–Crippen MR) is 131 cm³/mol. The highest BCUT2D eigenvalue weighted by molar-refractivity contribution is 5.99. The minimum absolute atomic E-state index is 0.120. The number of benzene rings is 1. The van der Waals surface area contributed by atoms with Gasteiger partial charge in [-0.25, -0.2) is 14.5 Å². The van der Waals surface area contributed by atoms with Gasteiger partial charge in [-0.1, -0.05) is 5.16 Å². The minimum Gasteiger partial charge on any atom is -0.493 e. The summed E-state index contributed by atoms with van der Waals surface area (Å²) in [7, 11) is 3.20. The lowest BCUT2D eigenvalue weighted by Crippen LogP contribution is -2.00. The Kier molecular flexibility index (Phi) is 5.77. The molecular formula is C25H25N7O3. The predicted octanol–water partition coefficient (Wildman–Crippen LogP) is 4.04. The maximum absolute atomic E-state index is 5.58. The topological polar surface area (TPSA) is 101 Å². The first-order valence-corrected chi connectivity index (χ1v) is 11.0. The molecule has 0 N–H and O–H groups in total. The van der Waals surface area contributed by atoms with Gasteiger partial charge in [0.25, 0.3) is 0 Å². The quantitative estimate of drug-likeness (QED) is 0.261. The fraction of sp³-hybridized carbons (Fsp3) is 0.240. The molecule has 0 aliphatic heterocycles. The van der Waals surface area contributed by atoms with Crippen LogP contribution in [0.4, 0.5) is 0 Å².